The molecule has 80 valence electrons. The third-order valence-corrected chi connectivity index (χ3v) is 1.95. The van der Waals surface area contributed by atoms with E-state index >= 15 is 0 Å². The van der Waals surface area contributed by atoms with E-state index in [1.54, 1.807) is 20.0 Å². The van der Waals surface area contributed by atoms with Crippen molar-refractivity contribution < 1.29 is 5.11 Å². The Balaban J connectivity index is 2.95. The van der Waals surface area contributed by atoms with E-state index in [2.05, 4.69) is 30.7 Å². The topological polar surface area (TPSA) is 33.1 Å². The Morgan fingerprint density at radius 1 is 1.40 bits per heavy atom. The minimum atomic E-state index is -0.963. The highest BCUT2D eigenvalue weighted by molar-refractivity contribution is 5.33. The number of rotatable bonds is 1. The molecule has 0 bridgehead atoms. The van der Waals surface area contributed by atoms with E-state index in [0.717, 1.165) is 0 Å². The molecule has 1 heterocycles. The second-order valence-electron chi connectivity index (χ2n) is 4.44. The van der Waals surface area contributed by atoms with E-state index in [0.29, 0.717) is 11.6 Å². The maximum Gasteiger partial charge on any atom is 0.120 e. The summed E-state index contributed by atoms with van der Waals surface area (Å²) in [6.07, 6.45) is 1.75. The molecule has 0 aromatic carbocycles. The number of nitrogens with zero attached hydrogens (tertiary/aromatic N) is 1. The fourth-order valence-corrected chi connectivity index (χ4v) is 1.09. The van der Waals surface area contributed by atoms with Crippen molar-refractivity contribution in [3.63, 3.8) is 0 Å². The number of pyridine rings is 1. The van der Waals surface area contributed by atoms with Gasteiger partial charge in [0.2, 0.25) is 0 Å². The van der Waals surface area contributed by atoms with Crippen molar-refractivity contribution >= 4 is 0 Å². The lowest BCUT2D eigenvalue weighted by Crippen LogP contribution is -2.14. The molecule has 0 saturated heterocycles. The molecule has 0 unspecified atom stereocenters. The Kier molecular flexibility index (Phi) is 3.49. The normalized spacial score (nSPS) is 11.1. The van der Waals surface area contributed by atoms with Crippen LogP contribution in [-0.4, -0.2) is 15.7 Å². The van der Waals surface area contributed by atoms with Crippen LogP contribution in [0.4, 0.5) is 0 Å². The Labute approximate surface area is 91.4 Å². The average Bonchev–Trinajstić information content (AvgIpc) is 2.14. The van der Waals surface area contributed by atoms with Crippen LogP contribution in [0.3, 0.4) is 0 Å². The summed E-state index contributed by atoms with van der Waals surface area (Å²) < 4.78 is 0. The van der Waals surface area contributed by atoms with Gasteiger partial charge >= 0.3 is 0 Å². The lowest BCUT2D eigenvalue weighted by molar-refractivity contribution is 0.143. The predicted octanol–water partition coefficient (Wildman–Crippen LogP) is 2.33. The third-order valence-electron chi connectivity index (χ3n) is 1.95. The van der Waals surface area contributed by atoms with Crippen molar-refractivity contribution in [2.45, 2.75) is 39.2 Å². The summed E-state index contributed by atoms with van der Waals surface area (Å²) >= 11 is 0. The molecular formula is C13H17NO. The van der Waals surface area contributed by atoms with Gasteiger partial charge in [-0.25, -0.2) is 4.98 Å². The van der Waals surface area contributed by atoms with E-state index < -0.39 is 5.60 Å². The summed E-state index contributed by atoms with van der Waals surface area (Å²) in [6.45, 7) is 7.57. The zero-order valence-electron chi connectivity index (χ0n) is 9.70. The number of aliphatic hydroxyl groups is 1. The van der Waals surface area contributed by atoms with Gasteiger partial charge in [0, 0.05) is 6.20 Å². The van der Waals surface area contributed by atoms with Crippen LogP contribution in [0.5, 0.6) is 0 Å². The van der Waals surface area contributed by atoms with Crippen LogP contribution in [0.15, 0.2) is 18.3 Å². The molecule has 0 spiro atoms. The first-order valence-corrected chi connectivity index (χ1v) is 5.10. The van der Waals surface area contributed by atoms with Crippen molar-refractivity contribution in [2.24, 2.45) is 0 Å². The molecular weight excluding hydrogens is 186 g/mol. The van der Waals surface area contributed by atoms with Crippen LogP contribution in [-0.2, 0) is 0 Å². The molecule has 0 saturated carbocycles. The quantitative estimate of drug-likeness (QED) is 0.711. The van der Waals surface area contributed by atoms with Gasteiger partial charge in [-0.1, -0.05) is 19.8 Å². The standard InChI is InChI=1S/C13H17NO/c1-10(2)11-6-8-14-12(9-11)5-7-13(3,4)15/h6,8-10,15H,1-4H3. The van der Waals surface area contributed by atoms with E-state index in [4.69, 9.17) is 0 Å². The minimum absolute atomic E-state index is 0.468. The smallest absolute Gasteiger partial charge is 0.120 e. The molecule has 0 aliphatic carbocycles. The Hall–Kier alpha value is -1.33. The van der Waals surface area contributed by atoms with Crippen LogP contribution < -0.4 is 0 Å². The summed E-state index contributed by atoms with van der Waals surface area (Å²) in [4.78, 5) is 4.14. The minimum Gasteiger partial charge on any atom is -0.378 e. The van der Waals surface area contributed by atoms with Crippen LogP contribution in [0, 0.1) is 11.8 Å². The first-order chi connectivity index (χ1) is 6.88. The molecule has 1 aromatic heterocycles. The van der Waals surface area contributed by atoms with Gasteiger partial charge in [-0.15, -0.1) is 0 Å². The van der Waals surface area contributed by atoms with Gasteiger partial charge in [-0.2, -0.15) is 0 Å². The molecule has 0 amide bonds. The van der Waals surface area contributed by atoms with Gasteiger partial charge < -0.3 is 5.11 Å². The molecule has 1 rings (SSSR count). The second kappa shape index (κ2) is 4.46. The van der Waals surface area contributed by atoms with Gasteiger partial charge in [0.05, 0.1) is 0 Å². The monoisotopic (exact) mass is 203 g/mol. The van der Waals surface area contributed by atoms with Crippen molar-refractivity contribution in [2.75, 3.05) is 0 Å². The lowest BCUT2D eigenvalue weighted by Gasteiger charge is -2.06. The second-order valence-corrected chi connectivity index (χ2v) is 4.44. The van der Waals surface area contributed by atoms with E-state index in [1.165, 1.54) is 5.56 Å². The Bertz CT molecular complexity index is 391. The van der Waals surface area contributed by atoms with E-state index in [-0.39, 0.29) is 0 Å². The fraction of sp³-hybridized carbons (Fsp3) is 0.462. The van der Waals surface area contributed by atoms with E-state index in [9.17, 15) is 5.11 Å². The lowest BCUT2D eigenvalue weighted by atomic mass is 10.0. The molecule has 2 heteroatoms. The summed E-state index contributed by atoms with van der Waals surface area (Å²) in [5.41, 5.74) is 0.962. The third kappa shape index (κ3) is 4.14. The fourth-order valence-electron chi connectivity index (χ4n) is 1.09. The number of aromatic nitrogens is 1. The first-order valence-electron chi connectivity index (χ1n) is 5.10. The largest absolute Gasteiger partial charge is 0.378 e. The zero-order chi connectivity index (χ0) is 11.5. The van der Waals surface area contributed by atoms with Crippen molar-refractivity contribution in [1.29, 1.82) is 0 Å². The average molecular weight is 203 g/mol. The van der Waals surface area contributed by atoms with Gasteiger partial charge in [-0.05, 0) is 43.4 Å². The van der Waals surface area contributed by atoms with Crippen molar-refractivity contribution in [3.05, 3.63) is 29.6 Å². The number of hydrogen-bond acceptors (Lipinski definition) is 2. The van der Waals surface area contributed by atoms with E-state index in [1.807, 2.05) is 12.1 Å². The molecule has 1 N–H and O–H groups in total. The van der Waals surface area contributed by atoms with Crippen LogP contribution >= 0.6 is 0 Å². The summed E-state index contributed by atoms with van der Waals surface area (Å²) in [5.74, 6) is 6.08. The molecule has 0 radical (unpaired) electrons. The summed E-state index contributed by atoms with van der Waals surface area (Å²) in [7, 11) is 0. The van der Waals surface area contributed by atoms with Gasteiger partial charge in [-0.3, -0.25) is 0 Å². The summed E-state index contributed by atoms with van der Waals surface area (Å²) in [5, 5.41) is 9.46. The molecule has 0 aliphatic rings. The maximum atomic E-state index is 9.46. The molecule has 0 atom stereocenters. The molecule has 2 nitrogen and oxygen atoms in total. The van der Waals surface area contributed by atoms with Crippen LogP contribution in [0.25, 0.3) is 0 Å². The first kappa shape index (κ1) is 11.7. The Morgan fingerprint density at radius 3 is 2.60 bits per heavy atom. The highest BCUT2D eigenvalue weighted by atomic mass is 16.3. The SMILES string of the molecule is CC(C)c1ccnc(C#CC(C)(C)O)c1. The zero-order valence-corrected chi connectivity index (χ0v) is 9.70. The maximum absolute atomic E-state index is 9.46. The number of hydrogen-bond donors (Lipinski definition) is 1. The highest BCUT2D eigenvalue weighted by Gasteiger charge is 2.06. The van der Waals surface area contributed by atoms with Gasteiger partial charge in [0.15, 0.2) is 0 Å². The molecule has 1 aromatic rings. The molecule has 0 fully saturated rings. The Morgan fingerprint density at radius 2 is 2.07 bits per heavy atom. The van der Waals surface area contributed by atoms with Gasteiger partial charge in [0.1, 0.15) is 11.3 Å². The van der Waals surface area contributed by atoms with Gasteiger partial charge in [0.25, 0.3) is 0 Å². The molecule has 15 heavy (non-hydrogen) atoms. The predicted molar refractivity (Wildman–Crippen MR) is 61.5 cm³/mol. The van der Waals surface area contributed by atoms with Crippen molar-refractivity contribution in [3.8, 4) is 11.8 Å². The summed E-state index contributed by atoms with van der Waals surface area (Å²) in [6, 6.07) is 3.95. The van der Waals surface area contributed by atoms with Crippen LogP contribution in [0.2, 0.25) is 0 Å². The van der Waals surface area contributed by atoms with Crippen LogP contribution in [0.1, 0.15) is 44.9 Å². The molecule has 0 aliphatic heterocycles. The highest BCUT2D eigenvalue weighted by Crippen LogP contribution is 2.13. The van der Waals surface area contributed by atoms with Crippen molar-refractivity contribution in [1.82, 2.24) is 4.98 Å².